The number of hydrogen-bond donors (Lipinski definition) is 0. The van der Waals surface area contributed by atoms with Gasteiger partial charge in [-0.3, -0.25) is 0 Å². The number of fused-ring (bicyclic) bond motifs is 1. The van der Waals surface area contributed by atoms with E-state index in [0.29, 0.717) is 11.4 Å². The number of nitrogens with zero attached hydrogens (tertiary/aromatic N) is 1. The Hall–Kier alpha value is -1.39. The molecule has 1 saturated carbocycles. The summed E-state index contributed by atoms with van der Waals surface area (Å²) in [5.41, 5.74) is 3.76. The zero-order valence-corrected chi connectivity index (χ0v) is 19.1. The number of piperidine rings is 1. The first kappa shape index (κ1) is 21.3. The van der Waals surface area contributed by atoms with Crippen molar-refractivity contribution in [1.29, 1.82) is 0 Å². The fraction of sp³-hybridized carbons (Fsp3) is 0.583. The molecule has 4 heteroatoms. The molecule has 0 unspecified atom stereocenters. The van der Waals surface area contributed by atoms with Crippen LogP contribution in [0, 0.1) is 37.5 Å². The van der Waals surface area contributed by atoms with E-state index in [0.717, 1.165) is 41.5 Å². The van der Waals surface area contributed by atoms with E-state index in [1.807, 2.05) is 43.3 Å². The van der Waals surface area contributed by atoms with E-state index < -0.39 is 10.0 Å². The van der Waals surface area contributed by atoms with E-state index in [9.17, 15) is 8.42 Å². The normalized spacial score (nSPS) is 30.7. The number of hydrogen-bond acceptors (Lipinski definition) is 2. The van der Waals surface area contributed by atoms with Crippen LogP contribution < -0.4 is 0 Å². The Bertz CT molecular complexity index is 909. The van der Waals surface area contributed by atoms with Gasteiger partial charge in [-0.05, 0) is 56.1 Å². The summed E-state index contributed by atoms with van der Waals surface area (Å²) in [6, 6.07) is 3.91. The smallest absolute Gasteiger partial charge is 0.207 e. The van der Waals surface area contributed by atoms with Crippen LogP contribution in [0.5, 0.6) is 0 Å². The van der Waals surface area contributed by atoms with Crippen molar-refractivity contribution in [3.8, 4) is 0 Å². The maximum Gasteiger partial charge on any atom is 0.243 e. The predicted molar refractivity (Wildman–Crippen MR) is 117 cm³/mol. The number of benzene rings is 1. The molecule has 0 amide bonds. The lowest BCUT2D eigenvalue weighted by Crippen LogP contribution is -2.45. The highest BCUT2D eigenvalue weighted by Gasteiger charge is 2.76. The minimum absolute atomic E-state index is 0.0270. The maximum absolute atomic E-state index is 13.9. The van der Waals surface area contributed by atoms with Crippen LogP contribution in [0.3, 0.4) is 0 Å². The second kappa shape index (κ2) is 6.84. The number of allylic oxidation sites excluding steroid dienone is 1. The van der Waals surface area contributed by atoms with Gasteiger partial charge in [0.25, 0.3) is 0 Å². The Morgan fingerprint density at radius 1 is 1.32 bits per heavy atom. The average Bonchev–Trinajstić information content (AvgIpc) is 3.10. The van der Waals surface area contributed by atoms with Gasteiger partial charge in [-0.2, -0.15) is 4.31 Å². The van der Waals surface area contributed by atoms with Crippen molar-refractivity contribution in [3.05, 3.63) is 53.6 Å². The van der Waals surface area contributed by atoms with Crippen LogP contribution >= 0.6 is 0 Å². The second-order valence-electron chi connectivity index (χ2n) is 9.41. The third-order valence-electron chi connectivity index (χ3n) is 7.32. The lowest BCUT2D eigenvalue weighted by atomic mass is 9.77. The van der Waals surface area contributed by atoms with Gasteiger partial charge in [0.2, 0.25) is 10.0 Å². The predicted octanol–water partition coefficient (Wildman–Crippen LogP) is 5.56. The average molecular weight is 402 g/mol. The van der Waals surface area contributed by atoms with E-state index in [2.05, 4.69) is 33.9 Å². The molecule has 0 aromatic heterocycles. The molecule has 1 aromatic carbocycles. The Morgan fingerprint density at radius 2 is 1.89 bits per heavy atom. The minimum Gasteiger partial charge on any atom is -0.207 e. The Balaban J connectivity index is 2.14. The van der Waals surface area contributed by atoms with Gasteiger partial charge in [-0.1, -0.05) is 63.1 Å². The Labute approximate surface area is 171 Å². The van der Waals surface area contributed by atoms with E-state index in [1.165, 1.54) is 0 Å². The van der Waals surface area contributed by atoms with Crippen LogP contribution in [-0.4, -0.2) is 25.3 Å². The van der Waals surface area contributed by atoms with Crippen molar-refractivity contribution in [1.82, 2.24) is 4.31 Å². The molecule has 4 atom stereocenters. The van der Waals surface area contributed by atoms with E-state index in [-0.39, 0.29) is 22.8 Å². The number of rotatable bonds is 7. The molecule has 1 aliphatic carbocycles. The minimum atomic E-state index is -3.58. The van der Waals surface area contributed by atoms with Gasteiger partial charge >= 0.3 is 0 Å². The van der Waals surface area contributed by atoms with Gasteiger partial charge in [0.15, 0.2) is 0 Å². The zero-order chi connectivity index (χ0) is 21.1. The Kier molecular flexibility index (Phi) is 5.21. The van der Waals surface area contributed by atoms with Crippen molar-refractivity contribution in [2.45, 2.75) is 71.7 Å². The third kappa shape index (κ3) is 2.83. The highest BCUT2D eigenvalue weighted by Crippen LogP contribution is 2.76. The standard InChI is InChI=1S/C24H35NO2S/c1-9-11-20(7)24-14-23(24,8)15-25(22(24)17(4)10-2)28(26,27)21-18(5)12-16(3)13-19(21)6/h9,12-13,17,22H,1,7,10-11,14-15H2,2-6,8H3/t17-,22-,23-,24-/m0/s1. The van der Waals surface area contributed by atoms with Crippen molar-refractivity contribution < 1.29 is 8.42 Å². The highest BCUT2D eigenvalue weighted by molar-refractivity contribution is 7.89. The van der Waals surface area contributed by atoms with Crippen molar-refractivity contribution in [3.63, 3.8) is 0 Å². The summed E-state index contributed by atoms with van der Waals surface area (Å²) in [5.74, 6) is 0.270. The summed E-state index contributed by atoms with van der Waals surface area (Å²) >= 11 is 0. The third-order valence-corrected chi connectivity index (χ3v) is 9.45. The second-order valence-corrected chi connectivity index (χ2v) is 11.2. The van der Waals surface area contributed by atoms with Crippen LogP contribution in [0.4, 0.5) is 0 Å². The molecule has 28 heavy (non-hydrogen) atoms. The number of aryl methyl sites for hydroxylation is 3. The molecule has 0 N–H and O–H groups in total. The summed E-state index contributed by atoms with van der Waals surface area (Å²) in [4.78, 5) is 0.487. The van der Waals surface area contributed by atoms with Crippen LogP contribution in [0.15, 0.2) is 41.8 Å². The molecule has 1 heterocycles. The molecule has 154 valence electrons. The zero-order valence-electron chi connectivity index (χ0n) is 18.3. The summed E-state index contributed by atoms with van der Waals surface area (Å²) < 4.78 is 29.7. The van der Waals surface area contributed by atoms with Gasteiger partial charge in [-0.15, -0.1) is 6.58 Å². The molecule has 3 nitrogen and oxygen atoms in total. The van der Waals surface area contributed by atoms with Crippen molar-refractivity contribution >= 4 is 10.0 Å². The Morgan fingerprint density at radius 3 is 2.39 bits per heavy atom. The summed E-state index contributed by atoms with van der Waals surface area (Å²) in [6.07, 6.45) is 4.62. The lowest BCUT2D eigenvalue weighted by Gasteiger charge is -2.37. The van der Waals surface area contributed by atoms with Crippen LogP contribution in [0.2, 0.25) is 0 Å². The van der Waals surface area contributed by atoms with Crippen LogP contribution in [-0.2, 0) is 10.0 Å². The molecule has 1 saturated heterocycles. The lowest BCUT2D eigenvalue weighted by molar-refractivity contribution is 0.221. The van der Waals surface area contributed by atoms with Gasteiger partial charge in [0, 0.05) is 18.0 Å². The first-order valence-corrected chi connectivity index (χ1v) is 11.8. The maximum atomic E-state index is 13.9. The monoisotopic (exact) mass is 401 g/mol. The first-order chi connectivity index (χ1) is 13.0. The molecule has 0 bridgehead atoms. The molecule has 0 radical (unpaired) electrons. The number of sulfonamides is 1. The molecule has 2 aliphatic rings. The van der Waals surface area contributed by atoms with Crippen molar-refractivity contribution in [2.75, 3.05) is 6.54 Å². The molecule has 0 spiro atoms. The van der Waals surface area contributed by atoms with Crippen molar-refractivity contribution in [2.24, 2.45) is 16.7 Å². The topological polar surface area (TPSA) is 37.4 Å². The molecular weight excluding hydrogens is 366 g/mol. The summed E-state index contributed by atoms with van der Waals surface area (Å²) in [6.45, 7) is 21.3. The van der Waals surface area contributed by atoms with E-state index >= 15 is 0 Å². The largest absolute Gasteiger partial charge is 0.243 e. The van der Waals surface area contributed by atoms with Crippen LogP contribution in [0.25, 0.3) is 0 Å². The summed E-state index contributed by atoms with van der Waals surface area (Å²) in [5, 5.41) is 0. The van der Waals surface area contributed by atoms with E-state index in [4.69, 9.17) is 0 Å². The first-order valence-electron chi connectivity index (χ1n) is 10.3. The van der Waals surface area contributed by atoms with Gasteiger partial charge in [0.05, 0.1) is 4.90 Å². The van der Waals surface area contributed by atoms with Crippen LogP contribution in [0.1, 0.15) is 56.7 Å². The quantitative estimate of drug-likeness (QED) is 0.561. The van der Waals surface area contributed by atoms with Gasteiger partial charge < -0.3 is 0 Å². The molecule has 1 aromatic rings. The summed E-state index contributed by atoms with van der Waals surface area (Å²) in [7, 11) is -3.58. The fourth-order valence-electron chi connectivity index (χ4n) is 5.95. The molecular formula is C24H35NO2S. The van der Waals surface area contributed by atoms with Gasteiger partial charge in [0.1, 0.15) is 0 Å². The molecule has 3 rings (SSSR count). The molecule has 2 fully saturated rings. The molecule has 1 aliphatic heterocycles. The SMILES string of the molecule is C=CCC(=C)[C@]12C[C@@]1(C)CN(S(=O)(=O)c1c(C)cc(C)cc1C)[C@H]2[C@@H](C)CC. The van der Waals surface area contributed by atoms with E-state index in [1.54, 1.807) is 0 Å². The highest BCUT2D eigenvalue weighted by atomic mass is 32.2. The fourth-order valence-corrected chi connectivity index (χ4v) is 8.26. The van der Waals surface area contributed by atoms with Gasteiger partial charge in [-0.25, -0.2) is 8.42 Å².